The second-order valence-electron chi connectivity index (χ2n) is 7.21. The molecule has 1 N–H and O–H groups in total. The summed E-state index contributed by atoms with van der Waals surface area (Å²) in [6, 6.07) is 6.14. The van der Waals surface area contributed by atoms with Crippen molar-refractivity contribution in [2.24, 2.45) is 5.41 Å². The van der Waals surface area contributed by atoms with Crippen LogP contribution in [0.25, 0.3) is 0 Å². The van der Waals surface area contributed by atoms with Gasteiger partial charge in [-0.3, -0.25) is 0 Å². The second-order valence-corrected chi connectivity index (χ2v) is 7.21. The van der Waals surface area contributed by atoms with Crippen molar-refractivity contribution in [3.05, 3.63) is 29.3 Å². The van der Waals surface area contributed by atoms with E-state index >= 15 is 0 Å². The van der Waals surface area contributed by atoms with Crippen molar-refractivity contribution >= 4 is 0 Å². The Morgan fingerprint density at radius 1 is 1.16 bits per heavy atom. The van der Waals surface area contributed by atoms with E-state index in [-0.39, 0.29) is 11.7 Å². The van der Waals surface area contributed by atoms with Crippen LogP contribution in [0, 0.1) is 12.3 Å². The van der Waals surface area contributed by atoms with Gasteiger partial charge in [-0.05, 0) is 50.2 Å². The third kappa shape index (κ3) is 2.38. The molecule has 1 atom stereocenters. The first-order valence-electron chi connectivity index (χ1n) is 7.37. The molecule has 1 aliphatic carbocycles. The Morgan fingerprint density at radius 3 is 2.53 bits per heavy atom. The normalized spacial score (nSPS) is 27.7. The van der Waals surface area contributed by atoms with E-state index in [1.54, 1.807) is 0 Å². The third-order valence-electron chi connectivity index (χ3n) is 4.93. The van der Waals surface area contributed by atoms with Crippen molar-refractivity contribution in [3.8, 4) is 5.75 Å². The first-order chi connectivity index (χ1) is 8.89. The number of hydrogen-bond acceptors (Lipinski definition) is 2. The number of rotatable bonds is 0. The van der Waals surface area contributed by atoms with Gasteiger partial charge >= 0.3 is 0 Å². The van der Waals surface area contributed by atoms with Gasteiger partial charge < -0.3 is 9.84 Å². The van der Waals surface area contributed by atoms with Crippen LogP contribution in [0.15, 0.2) is 18.2 Å². The summed E-state index contributed by atoms with van der Waals surface area (Å²) in [5.41, 5.74) is 2.45. The molecular formula is C17H24O2. The summed E-state index contributed by atoms with van der Waals surface area (Å²) in [6.07, 6.45) is 4.86. The molecule has 3 rings (SSSR count). The van der Waals surface area contributed by atoms with E-state index in [1.807, 2.05) is 6.07 Å². The summed E-state index contributed by atoms with van der Waals surface area (Å²) in [5.74, 6) is 0.893. The molecule has 1 spiro atoms. The molecule has 2 heteroatoms. The van der Waals surface area contributed by atoms with Crippen LogP contribution in [0.2, 0.25) is 0 Å². The maximum atomic E-state index is 10.5. The van der Waals surface area contributed by atoms with Crippen LogP contribution in [-0.2, 0) is 0 Å². The van der Waals surface area contributed by atoms with Crippen molar-refractivity contribution in [2.75, 3.05) is 0 Å². The van der Waals surface area contributed by atoms with E-state index in [9.17, 15) is 5.11 Å². The monoisotopic (exact) mass is 260 g/mol. The van der Waals surface area contributed by atoms with Gasteiger partial charge in [0.1, 0.15) is 11.4 Å². The summed E-state index contributed by atoms with van der Waals surface area (Å²) in [4.78, 5) is 0. The molecule has 1 aliphatic heterocycles. The highest BCUT2D eigenvalue weighted by Gasteiger charge is 2.44. The van der Waals surface area contributed by atoms with Gasteiger partial charge in [-0.2, -0.15) is 0 Å². The highest BCUT2D eigenvalue weighted by molar-refractivity contribution is 5.41. The Kier molecular flexibility index (Phi) is 2.90. The number of aryl methyl sites for hydroxylation is 1. The minimum Gasteiger partial charge on any atom is -0.487 e. The average Bonchev–Trinajstić information content (AvgIpc) is 2.35. The number of ether oxygens (including phenoxy) is 1. The zero-order chi connectivity index (χ0) is 13.7. The second kappa shape index (κ2) is 4.24. The van der Waals surface area contributed by atoms with Gasteiger partial charge in [-0.25, -0.2) is 0 Å². The van der Waals surface area contributed by atoms with E-state index in [0.29, 0.717) is 5.41 Å². The first kappa shape index (κ1) is 13.0. The highest BCUT2D eigenvalue weighted by atomic mass is 16.5. The minimum atomic E-state index is -0.370. The first-order valence-corrected chi connectivity index (χ1v) is 7.37. The summed E-state index contributed by atoms with van der Waals surface area (Å²) in [7, 11) is 0. The van der Waals surface area contributed by atoms with Gasteiger partial charge in [0, 0.05) is 12.0 Å². The molecule has 0 unspecified atom stereocenters. The van der Waals surface area contributed by atoms with Crippen LogP contribution in [0.3, 0.4) is 0 Å². The fourth-order valence-corrected chi connectivity index (χ4v) is 3.45. The number of aliphatic hydroxyl groups excluding tert-OH is 1. The molecule has 0 aromatic heterocycles. The zero-order valence-electron chi connectivity index (χ0n) is 12.2. The van der Waals surface area contributed by atoms with Crippen molar-refractivity contribution < 1.29 is 9.84 Å². The molecule has 19 heavy (non-hydrogen) atoms. The Balaban J connectivity index is 1.87. The van der Waals surface area contributed by atoms with Crippen LogP contribution in [-0.4, -0.2) is 10.7 Å². The fraction of sp³-hybridized carbons (Fsp3) is 0.647. The largest absolute Gasteiger partial charge is 0.487 e. The Hall–Kier alpha value is -1.02. The molecule has 0 radical (unpaired) electrons. The van der Waals surface area contributed by atoms with Gasteiger partial charge in [0.25, 0.3) is 0 Å². The number of aliphatic hydroxyl groups is 1. The highest BCUT2D eigenvalue weighted by Crippen LogP contribution is 2.49. The van der Waals surface area contributed by atoms with Gasteiger partial charge in [0.05, 0.1) is 6.10 Å². The molecule has 1 aromatic carbocycles. The fourth-order valence-electron chi connectivity index (χ4n) is 3.45. The van der Waals surface area contributed by atoms with Crippen LogP contribution in [0.4, 0.5) is 0 Å². The van der Waals surface area contributed by atoms with Crippen LogP contribution >= 0.6 is 0 Å². The summed E-state index contributed by atoms with van der Waals surface area (Å²) in [5, 5.41) is 10.5. The minimum absolute atomic E-state index is 0.128. The summed E-state index contributed by atoms with van der Waals surface area (Å²) in [6.45, 7) is 6.72. The van der Waals surface area contributed by atoms with E-state index in [2.05, 4.69) is 32.9 Å². The van der Waals surface area contributed by atoms with E-state index < -0.39 is 0 Å². The quantitative estimate of drug-likeness (QED) is 0.759. The molecule has 104 valence electrons. The molecule has 0 saturated heterocycles. The van der Waals surface area contributed by atoms with Gasteiger partial charge in [0.15, 0.2) is 0 Å². The van der Waals surface area contributed by atoms with Gasteiger partial charge in [-0.15, -0.1) is 0 Å². The molecule has 0 bridgehead atoms. The van der Waals surface area contributed by atoms with Crippen LogP contribution in [0.1, 0.15) is 63.2 Å². The molecule has 2 aliphatic rings. The van der Waals surface area contributed by atoms with E-state index in [1.165, 1.54) is 18.4 Å². The van der Waals surface area contributed by atoms with Crippen LogP contribution < -0.4 is 4.74 Å². The maximum Gasteiger partial charge on any atom is 0.125 e. The number of benzene rings is 1. The average molecular weight is 260 g/mol. The van der Waals surface area contributed by atoms with Gasteiger partial charge in [0.2, 0.25) is 0 Å². The molecule has 1 fully saturated rings. The number of hydrogen-bond donors (Lipinski definition) is 1. The molecule has 1 saturated carbocycles. The lowest BCUT2D eigenvalue weighted by molar-refractivity contribution is -0.0576. The van der Waals surface area contributed by atoms with E-state index in [0.717, 1.165) is 30.6 Å². The predicted octanol–water partition coefficient (Wildman–Crippen LogP) is 4.15. The predicted molar refractivity (Wildman–Crippen MR) is 76.4 cm³/mol. The smallest absolute Gasteiger partial charge is 0.125 e. The van der Waals surface area contributed by atoms with Gasteiger partial charge in [-0.1, -0.05) is 25.5 Å². The molecule has 0 amide bonds. The molecule has 1 heterocycles. The third-order valence-corrected chi connectivity index (χ3v) is 4.93. The standard InChI is InChI=1S/C17H24O2/c1-12-4-5-15-13(10-12)14(18)11-17(19-15)8-6-16(2,3)7-9-17/h4-5,10,14,18H,6-9,11H2,1-3H3/t14-/m1/s1. The summed E-state index contributed by atoms with van der Waals surface area (Å²) < 4.78 is 6.32. The van der Waals surface area contributed by atoms with Crippen molar-refractivity contribution in [1.82, 2.24) is 0 Å². The Labute approximate surface area is 115 Å². The lowest BCUT2D eigenvalue weighted by Crippen LogP contribution is -2.45. The molecular weight excluding hydrogens is 236 g/mol. The number of fused-ring (bicyclic) bond motifs is 1. The van der Waals surface area contributed by atoms with E-state index in [4.69, 9.17) is 4.74 Å². The lowest BCUT2D eigenvalue weighted by atomic mass is 9.68. The Bertz CT molecular complexity index is 480. The summed E-state index contributed by atoms with van der Waals surface area (Å²) >= 11 is 0. The molecule has 1 aromatic rings. The zero-order valence-corrected chi connectivity index (χ0v) is 12.2. The van der Waals surface area contributed by atoms with Crippen molar-refractivity contribution in [2.45, 2.75) is 64.6 Å². The lowest BCUT2D eigenvalue weighted by Gasteiger charge is -2.47. The topological polar surface area (TPSA) is 29.5 Å². The SMILES string of the molecule is Cc1ccc2c(c1)[C@H](O)CC1(CCC(C)(C)CC1)O2. The van der Waals surface area contributed by atoms with Crippen molar-refractivity contribution in [1.29, 1.82) is 0 Å². The Morgan fingerprint density at radius 2 is 1.84 bits per heavy atom. The molecule has 2 nitrogen and oxygen atoms in total. The maximum absolute atomic E-state index is 10.5. The van der Waals surface area contributed by atoms with Crippen molar-refractivity contribution in [3.63, 3.8) is 0 Å². The van der Waals surface area contributed by atoms with Crippen LogP contribution in [0.5, 0.6) is 5.75 Å².